The Balaban J connectivity index is 2.59. The van der Waals surface area contributed by atoms with Gasteiger partial charge in [-0.3, -0.25) is 4.79 Å². The number of carbonyl (C=O) groups is 1. The molecule has 14 heavy (non-hydrogen) atoms. The van der Waals surface area contributed by atoms with E-state index in [-0.39, 0.29) is 24.3 Å². The van der Waals surface area contributed by atoms with Gasteiger partial charge in [-0.15, -0.1) is 0 Å². The Bertz CT molecular complexity index is 234. The maximum Gasteiger partial charge on any atom is 0.220 e. The summed E-state index contributed by atoms with van der Waals surface area (Å²) in [5, 5.41) is 11.3. The lowest BCUT2D eigenvalue weighted by molar-refractivity contribution is -0.130. The van der Waals surface area contributed by atoms with Gasteiger partial charge >= 0.3 is 0 Å². The predicted molar refractivity (Wildman–Crippen MR) is 53.1 cm³/mol. The van der Waals surface area contributed by atoms with Gasteiger partial charge in [0.15, 0.2) is 5.84 Å². The molecule has 0 atom stereocenters. The molecule has 80 valence electrons. The molecule has 0 aromatic carbocycles. The van der Waals surface area contributed by atoms with Crippen LogP contribution in [0.25, 0.3) is 0 Å². The van der Waals surface area contributed by atoms with Crippen molar-refractivity contribution < 1.29 is 10.0 Å². The minimum absolute atomic E-state index is 0.0106. The zero-order chi connectivity index (χ0) is 10.6. The van der Waals surface area contributed by atoms with Crippen LogP contribution in [0.3, 0.4) is 0 Å². The Hall–Kier alpha value is -1.26. The molecule has 0 aromatic heterocycles. The number of carbonyl (C=O) groups excluding carboxylic acids is 1. The Labute approximate surface area is 83.6 Å². The number of hydrogen-bond donors (Lipinski definition) is 2. The van der Waals surface area contributed by atoms with E-state index >= 15 is 0 Å². The molecule has 1 saturated carbocycles. The molecule has 0 saturated heterocycles. The van der Waals surface area contributed by atoms with Crippen LogP contribution in [-0.4, -0.2) is 34.4 Å². The SMILES string of the molecule is CC(=O)N(CC(N)=NO)C1CCCC1. The largest absolute Gasteiger partial charge is 0.409 e. The lowest BCUT2D eigenvalue weighted by Gasteiger charge is -2.26. The van der Waals surface area contributed by atoms with Crippen molar-refractivity contribution in [3.8, 4) is 0 Å². The van der Waals surface area contributed by atoms with E-state index in [1.807, 2.05) is 0 Å². The molecule has 5 heteroatoms. The predicted octanol–water partition coefficient (Wildman–Crippen LogP) is 0.524. The second kappa shape index (κ2) is 4.83. The van der Waals surface area contributed by atoms with E-state index in [1.165, 1.54) is 6.92 Å². The van der Waals surface area contributed by atoms with E-state index < -0.39 is 0 Å². The summed E-state index contributed by atoms with van der Waals surface area (Å²) in [4.78, 5) is 13.0. The zero-order valence-electron chi connectivity index (χ0n) is 8.44. The zero-order valence-corrected chi connectivity index (χ0v) is 8.44. The van der Waals surface area contributed by atoms with Gasteiger partial charge in [-0.25, -0.2) is 0 Å². The fraction of sp³-hybridized carbons (Fsp3) is 0.778. The number of oxime groups is 1. The lowest BCUT2D eigenvalue weighted by atomic mass is 10.2. The summed E-state index contributed by atoms with van der Waals surface area (Å²) in [6.45, 7) is 1.75. The van der Waals surface area contributed by atoms with Gasteiger partial charge in [-0.05, 0) is 12.8 Å². The monoisotopic (exact) mass is 199 g/mol. The molecule has 1 rings (SSSR count). The van der Waals surface area contributed by atoms with Gasteiger partial charge in [-0.1, -0.05) is 18.0 Å². The minimum Gasteiger partial charge on any atom is -0.409 e. The van der Waals surface area contributed by atoms with Gasteiger partial charge in [0.1, 0.15) is 0 Å². The number of amides is 1. The maximum atomic E-state index is 11.3. The van der Waals surface area contributed by atoms with Crippen LogP contribution in [0.5, 0.6) is 0 Å². The van der Waals surface area contributed by atoms with Crippen LogP contribution in [0.4, 0.5) is 0 Å². The van der Waals surface area contributed by atoms with Crippen LogP contribution in [0.1, 0.15) is 32.6 Å². The number of nitrogens with zero attached hydrogens (tertiary/aromatic N) is 2. The Morgan fingerprint density at radius 3 is 2.57 bits per heavy atom. The first-order valence-electron chi connectivity index (χ1n) is 4.88. The van der Waals surface area contributed by atoms with E-state index in [4.69, 9.17) is 10.9 Å². The number of hydrogen-bond acceptors (Lipinski definition) is 3. The van der Waals surface area contributed by atoms with Crippen molar-refractivity contribution in [3.05, 3.63) is 0 Å². The van der Waals surface area contributed by atoms with Crippen LogP contribution in [0.15, 0.2) is 5.16 Å². The number of nitrogens with two attached hydrogens (primary N) is 1. The molecule has 1 aliphatic carbocycles. The van der Waals surface area contributed by atoms with E-state index in [2.05, 4.69) is 5.16 Å². The van der Waals surface area contributed by atoms with Gasteiger partial charge in [0, 0.05) is 13.0 Å². The molecular formula is C9H17N3O2. The fourth-order valence-electron chi connectivity index (χ4n) is 1.92. The molecular weight excluding hydrogens is 182 g/mol. The molecule has 0 aromatic rings. The highest BCUT2D eigenvalue weighted by atomic mass is 16.4. The molecule has 0 unspecified atom stereocenters. The number of rotatable bonds is 3. The molecule has 1 aliphatic rings. The lowest BCUT2D eigenvalue weighted by Crippen LogP contribution is -2.43. The second-order valence-electron chi connectivity index (χ2n) is 3.68. The summed E-state index contributed by atoms with van der Waals surface area (Å²) in [5.74, 6) is 0.0793. The normalized spacial score (nSPS) is 18.5. The standard InChI is InChI=1S/C9H17N3O2/c1-7(13)12(6-9(10)11-14)8-4-2-3-5-8/h8,14H,2-6H2,1H3,(H2,10,11). The van der Waals surface area contributed by atoms with Gasteiger partial charge < -0.3 is 15.8 Å². The molecule has 0 heterocycles. The van der Waals surface area contributed by atoms with Crippen molar-refractivity contribution in [2.24, 2.45) is 10.9 Å². The summed E-state index contributed by atoms with van der Waals surface area (Å²) in [7, 11) is 0. The van der Waals surface area contributed by atoms with Crippen LogP contribution in [0, 0.1) is 0 Å². The molecule has 1 fully saturated rings. The molecule has 1 amide bonds. The maximum absolute atomic E-state index is 11.3. The van der Waals surface area contributed by atoms with Crippen LogP contribution < -0.4 is 5.73 Å². The Kier molecular flexibility index (Phi) is 3.73. The van der Waals surface area contributed by atoms with Crippen molar-refractivity contribution in [1.82, 2.24) is 4.90 Å². The molecule has 0 aliphatic heterocycles. The Morgan fingerprint density at radius 1 is 1.57 bits per heavy atom. The first-order valence-corrected chi connectivity index (χ1v) is 4.88. The molecule has 5 nitrogen and oxygen atoms in total. The third-order valence-electron chi connectivity index (χ3n) is 2.63. The highest BCUT2D eigenvalue weighted by Crippen LogP contribution is 2.23. The Morgan fingerprint density at radius 2 is 2.14 bits per heavy atom. The molecule has 3 N–H and O–H groups in total. The summed E-state index contributed by atoms with van der Waals surface area (Å²) in [5.41, 5.74) is 5.39. The molecule has 0 spiro atoms. The van der Waals surface area contributed by atoms with Crippen LogP contribution >= 0.6 is 0 Å². The van der Waals surface area contributed by atoms with Crippen molar-refractivity contribution in [1.29, 1.82) is 0 Å². The second-order valence-corrected chi connectivity index (χ2v) is 3.68. The summed E-state index contributed by atoms with van der Waals surface area (Å²) in [6.07, 6.45) is 4.37. The summed E-state index contributed by atoms with van der Waals surface area (Å²) < 4.78 is 0. The topological polar surface area (TPSA) is 78.9 Å². The third-order valence-corrected chi connectivity index (χ3v) is 2.63. The van der Waals surface area contributed by atoms with Gasteiger partial charge in [0.25, 0.3) is 0 Å². The van der Waals surface area contributed by atoms with Crippen LogP contribution in [-0.2, 0) is 4.79 Å². The van der Waals surface area contributed by atoms with Crippen molar-refractivity contribution in [3.63, 3.8) is 0 Å². The van der Waals surface area contributed by atoms with Crippen molar-refractivity contribution >= 4 is 11.7 Å². The first kappa shape index (κ1) is 10.8. The quantitative estimate of drug-likeness (QED) is 0.301. The van der Waals surface area contributed by atoms with E-state index in [0.29, 0.717) is 0 Å². The average Bonchev–Trinajstić information content (AvgIpc) is 2.65. The highest BCUT2D eigenvalue weighted by molar-refractivity contribution is 5.86. The number of amidine groups is 1. The minimum atomic E-state index is -0.0106. The summed E-state index contributed by atoms with van der Waals surface area (Å²) in [6, 6.07) is 0.271. The highest BCUT2D eigenvalue weighted by Gasteiger charge is 2.24. The fourth-order valence-corrected chi connectivity index (χ4v) is 1.92. The smallest absolute Gasteiger partial charge is 0.220 e. The van der Waals surface area contributed by atoms with Crippen LogP contribution in [0.2, 0.25) is 0 Å². The van der Waals surface area contributed by atoms with E-state index in [9.17, 15) is 4.79 Å². The average molecular weight is 199 g/mol. The van der Waals surface area contributed by atoms with Gasteiger partial charge in [0.2, 0.25) is 5.91 Å². The van der Waals surface area contributed by atoms with E-state index in [1.54, 1.807) is 4.90 Å². The summed E-state index contributed by atoms with van der Waals surface area (Å²) >= 11 is 0. The first-order chi connectivity index (χ1) is 6.65. The van der Waals surface area contributed by atoms with E-state index in [0.717, 1.165) is 25.7 Å². The molecule has 0 radical (unpaired) electrons. The van der Waals surface area contributed by atoms with Gasteiger partial charge in [0.05, 0.1) is 6.54 Å². The van der Waals surface area contributed by atoms with Crippen molar-refractivity contribution in [2.75, 3.05) is 6.54 Å². The third kappa shape index (κ3) is 2.61. The molecule has 0 bridgehead atoms. The van der Waals surface area contributed by atoms with Gasteiger partial charge in [-0.2, -0.15) is 0 Å². The van der Waals surface area contributed by atoms with Crippen molar-refractivity contribution in [2.45, 2.75) is 38.6 Å².